The Morgan fingerprint density at radius 3 is 1.95 bits per heavy atom. The van der Waals surface area contributed by atoms with Crippen LogP contribution in [0.25, 0.3) is 11.4 Å². The lowest BCUT2D eigenvalue weighted by atomic mass is 10.1. The zero-order valence-electron chi connectivity index (χ0n) is 19.6. The molecule has 190 valence electrons. The van der Waals surface area contributed by atoms with Crippen LogP contribution in [0.5, 0.6) is 5.88 Å². The SMILES string of the molecule is CCOC(=O)Oc1c(Cc2ccccc2S(=O)(=O)O)c(=O)n(-c2ccccc2)c(=O)n1-c1ccccc1. The van der Waals surface area contributed by atoms with Crippen LogP contribution in [-0.4, -0.2) is 34.9 Å². The number of rotatable bonds is 7. The normalized spacial score (nSPS) is 11.2. The summed E-state index contributed by atoms with van der Waals surface area (Å²) >= 11 is 0. The van der Waals surface area contributed by atoms with Crippen molar-refractivity contribution in [1.82, 2.24) is 9.13 Å². The minimum absolute atomic E-state index is 0.0313. The van der Waals surface area contributed by atoms with Crippen molar-refractivity contribution in [1.29, 1.82) is 0 Å². The summed E-state index contributed by atoms with van der Waals surface area (Å²) in [5.41, 5.74) is -1.30. The molecule has 0 aliphatic heterocycles. The van der Waals surface area contributed by atoms with Crippen molar-refractivity contribution in [3.8, 4) is 17.3 Å². The van der Waals surface area contributed by atoms with Crippen molar-refractivity contribution < 1.29 is 27.2 Å². The Bertz CT molecular complexity index is 1660. The highest BCUT2D eigenvalue weighted by molar-refractivity contribution is 7.85. The van der Waals surface area contributed by atoms with Crippen molar-refractivity contribution in [3.05, 3.63) is 117 Å². The van der Waals surface area contributed by atoms with Gasteiger partial charge in [-0.3, -0.25) is 9.35 Å². The fraction of sp³-hybridized carbons (Fsp3) is 0.115. The molecule has 0 aliphatic carbocycles. The zero-order chi connectivity index (χ0) is 26.6. The zero-order valence-corrected chi connectivity index (χ0v) is 20.4. The van der Waals surface area contributed by atoms with Gasteiger partial charge in [0, 0.05) is 6.42 Å². The van der Waals surface area contributed by atoms with Gasteiger partial charge >= 0.3 is 11.8 Å². The quantitative estimate of drug-likeness (QED) is 0.289. The van der Waals surface area contributed by atoms with E-state index in [4.69, 9.17) is 9.47 Å². The first-order valence-corrected chi connectivity index (χ1v) is 12.6. The average Bonchev–Trinajstić information content (AvgIpc) is 2.87. The molecule has 0 amide bonds. The molecule has 37 heavy (non-hydrogen) atoms. The number of ether oxygens (including phenoxy) is 2. The van der Waals surface area contributed by atoms with E-state index in [1.165, 1.54) is 24.3 Å². The molecule has 1 heterocycles. The van der Waals surface area contributed by atoms with Gasteiger partial charge in [0.25, 0.3) is 15.7 Å². The molecule has 3 aromatic carbocycles. The second kappa shape index (κ2) is 10.6. The first-order valence-electron chi connectivity index (χ1n) is 11.1. The van der Waals surface area contributed by atoms with Gasteiger partial charge in [-0.2, -0.15) is 8.42 Å². The van der Waals surface area contributed by atoms with Gasteiger partial charge in [-0.05, 0) is 42.8 Å². The lowest BCUT2D eigenvalue weighted by Gasteiger charge is -2.19. The van der Waals surface area contributed by atoms with Gasteiger partial charge in [0.1, 0.15) is 0 Å². The third kappa shape index (κ3) is 5.37. The largest absolute Gasteiger partial charge is 0.515 e. The molecule has 0 spiro atoms. The van der Waals surface area contributed by atoms with E-state index in [1.54, 1.807) is 67.6 Å². The summed E-state index contributed by atoms with van der Waals surface area (Å²) in [5, 5.41) is 0. The Kier molecular flexibility index (Phi) is 7.37. The van der Waals surface area contributed by atoms with Crippen molar-refractivity contribution in [2.24, 2.45) is 0 Å². The second-order valence-corrected chi connectivity index (χ2v) is 9.15. The number of carbonyl (C=O) groups excluding carboxylic acids is 1. The molecule has 0 atom stereocenters. The van der Waals surface area contributed by atoms with Gasteiger partial charge in [-0.25, -0.2) is 18.7 Å². The fourth-order valence-electron chi connectivity index (χ4n) is 3.82. The Morgan fingerprint density at radius 1 is 0.838 bits per heavy atom. The minimum atomic E-state index is -4.65. The Labute approximate surface area is 211 Å². The van der Waals surface area contributed by atoms with E-state index in [-0.39, 0.29) is 29.1 Å². The number of aromatic nitrogens is 2. The molecule has 4 aromatic rings. The van der Waals surface area contributed by atoms with Gasteiger partial charge in [-0.15, -0.1) is 0 Å². The van der Waals surface area contributed by atoms with Crippen LogP contribution < -0.4 is 16.0 Å². The predicted molar refractivity (Wildman–Crippen MR) is 134 cm³/mol. The van der Waals surface area contributed by atoms with E-state index in [2.05, 4.69) is 0 Å². The van der Waals surface area contributed by atoms with Crippen LogP contribution in [0.15, 0.2) is 99.4 Å². The van der Waals surface area contributed by atoms with Crippen molar-refractivity contribution in [3.63, 3.8) is 0 Å². The highest BCUT2D eigenvalue weighted by Gasteiger charge is 2.27. The molecule has 0 saturated carbocycles. The number of hydrogen-bond donors (Lipinski definition) is 1. The fourth-order valence-corrected chi connectivity index (χ4v) is 4.54. The maximum absolute atomic E-state index is 13.8. The Morgan fingerprint density at radius 2 is 1.38 bits per heavy atom. The lowest BCUT2D eigenvalue weighted by molar-refractivity contribution is 0.101. The Balaban J connectivity index is 2.10. The van der Waals surface area contributed by atoms with E-state index in [9.17, 15) is 27.4 Å². The van der Waals surface area contributed by atoms with Crippen molar-refractivity contribution in [2.75, 3.05) is 6.61 Å². The first kappa shape index (κ1) is 25.6. The highest BCUT2D eigenvalue weighted by Crippen LogP contribution is 2.25. The van der Waals surface area contributed by atoms with Gasteiger partial charge in [0.2, 0.25) is 5.88 Å². The third-order valence-corrected chi connectivity index (χ3v) is 6.35. The van der Waals surface area contributed by atoms with Crippen LogP contribution >= 0.6 is 0 Å². The van der Waals surface area contributed by atoms with Crippen molar-refractivity contribution >= 4 is 16.3 Å². The van der Waals surface area contributed by atoms with E-state index >= 15 is 0 Å². The molecule has 10 nitrogen and oxygen atoms in total. The molecule has 1 aromatic heterocycles. The minimum Gasteiger partial charge on any atom is -0.434 e. The molecule has 0 unspecified atom stereocenters. The molecule has 0 fully saturated rings. The summed E-state index contributed by atoms with van der Waals surface area (Å²) in [4.78, 5) is 39.5. The smallest absolute Gasteiger partial charge is 0.434 e. The number of benzene rings is 3. The second-order valence-electron chi connectivity index (χ2n) is 7.76. The Hall–Kier alpha value is -4.48. The van der Waals surface area contributed by atoms with E-state index < -0.39 is 44.7 Å². The molecule has 0 bridgehead atoms. The number of carbonyl (C=O) groups is 1. The monoisotopic (exact) mass is 522 g/mol. The summed E-state index contributed by atoms with van der Waals surface area (Å²) in [6, 6.07) is 21.8. The van der Waals surface area contributed by atoms with Gasteiger partial charge in [-0.1, -0.05) is 54.6 Å². The predicted octanol–water partition coefficient (Wildman–Crippen LogP) is 3.36. The number of hydrogen-bond acceptors (Lipinski definition) is 7. The van der Waals surface area contributed by atoms with Gasteiger partial charge < -0.3 is 9.47 Å². The summed E-state index contributed by atoms with van der Waals surface area (Å²) in [6.45, 7) is 1.53. The summed E-state index contributed by atoms with van der Waals surface area (Å²) in [6.07, 6.45) is -1.56. The van der Waals surface area contributed by atoms with Crippen LogP contribution in [-0.2, 0) is 21.3 Å². The third-order valence-electron chi connectivity index (χ3n) is 5.39. The highest BCUT2D eigenvalue weighted by atomic mass is 32.2. The van der Waals surface area contributed by atoms with E-state index in [0.717, 1.165) is 9.13 Å². The van der Waals surface area contributed by atoms with Crippen molar-refractivity contribution in [2.45, 2.75) is 18.2 Å². The maximum atomic E-state index is 13.8. The van der Waals surface area contributed by atoms with E-state index in [1.807, 2.05) is 0 Å². The summed E-state index contributed by atoms with van der Waals surface area (Å²) in [5.74, 6) is -0.433. The molecular weight excluding hydrogens is 500 g/mol. The van der Waals surface area contributed by atoms with Crippen LogP contribution in [0.4, 0.5) is 4.79 Å². The van der Waals surface area contributed by atoms with Gasteiger partial charge in [0.05, 0.1) is 28.4 Å². The molecule has 0 radical (unpaired) electrons. The van der Waals surface area contributed by atoms with Crippen LogP contribution in [0.1, 0.15) is 18.1 Å². The van der Waals surface area contributed by atoms with E-state index in [0.29, 0.717) is 0 Å². The first-order chi connectivity index (χ1) is 17.7. The topological polar surface area (TPSA) is 134 Å². The molecule has 0 saturated heterocycles. The van der Waals surface area contributed by atoms with Crippen LogP contribution in [0, 0.1) is 0 Å². The van der Waals surface area contributed by atoms with Crippen LogP contribution in [0.2, 0.25) is 0 Å². The van der Waals surface area contributed by atoms with Crippen LogP contribution in [0.3, 0.4) is 0 Å². The summed E-state index contributed by atoms with van der Waals surface area (Å²) in [7, 11) is -4.65. The number of para-hydroxylation sites is 2. The average molecular weight is 523 g/mol. The molecular formula is C26H22N2O8S. The number of nitrogens with zero attached hydrogens (tertiary/aromatic N) is 2. The molecule has 11 heteroatoms. The summed E-state index contributed by atoms with van der Waals surface area (Å²) < 4.78 is 46.0. The molecule has 0 aliphatic rings. The standard InChI is InChI=1S/C26H22N2O8S/c1-2-35-26(31)36-24-21(17-18-11-9-10-16-22(18)37(32,33)34)23(29)27(19-12-5-3-6-13-19)25(30)28(24)20-14-7-4-8-15-20/h3-16H,2,17H2,1H3,(H,32,33,34). The molecule has 4 rings (SSSR count). The lowest BCUT2D eigenvalue weighted by Crippen LogP contribution is -2.41. The van der Waals surface area contributed by atoms with Gasteiger partial charge in [0.15, 0.2) is 0 Å². The maximum Gasteiger partial charge on any atom is 0.515 e. The molecule has 1 N–H and O–H groups in total.